The van der Waals surface area contributed by atoms with Crippen LogP contribution in [0.5, 0.6) is 0 Å². The Morgan fingerprint density at radius 3 is 2.17 bits per heavy atom. The highest BCUT2D eigenvalue weighted by molar-refractivity contribution is 5.98. The molecule has 3 heteroatoms. The molecule has 0 heterocycles. The summed E-state index contributed by atoms with van der Waals surface area (Å²) >= 11 is 0. The molecule has 0 saturated heterocycles. The summed E-state index contributed by atoms with van der Waals surface area (Å²) in [5.74, 6) is -0.612. The summed E-state index contributed by atoms with van der Waals surface area (Å²) < 4.78 is 13.0. The summed E-state index contributed by atoms with van der Waals surface area (Å²) in [6.45, 7) is 5.07. The number of hydrogen-bond acceptors (Lipinski definition) is 2. The van der Waals surface area contributed by atoms with Gasteiger partial charge in [0.15, 0.2) is 5.78 Å². The molecule has 2 aromatic rings. The van der Waals surface area contributed by atoms with Gasteiger partial charge < -0.3 is 0 Å². The quantitative estimate of drug-likeness (QED) is 0.732. The first kappa shape index (κ1) is 17.1. The van der Waals surface area contributed by atoms with Crippen LogP contribution in [0.4, 0.5) is 4.39 Å². The van der Waals surface area contributed by atoms with E-state index in [4.69, 9.17) is 0 Å². The van der Waals surface area contributed by atoms with Crippen molar-refractivity contribution in [2.45, 2.75) is 33.1 Å². The molecule has 0 aliphatic carbocycles. The Labute approximate surface area is 136 Å². The molecule has 2 rings (SSSR count). The minimum atomic E-state index is -0.347. The number of halogens is 1. The Bertz CT molecular complexity index is 704. The van der Waals surface area contributed by atoms with Gasteiger partial charge in [-0.2, -0.15) is 0 Å². The van der Waals surface area contributed by atoms with Crippen molar-refractivity contribution in [1.82, 2.24) is 0 Å². The lowest BCUT2D eigenvalue weighted by atomic mass is 9.79. The highest BCUT2D eigenvalue weighted by atomic mass is 19.1. The van der Waals surface area contributed by atoms with Gasteiger partial charge in [0.1, 0.15) is 11.6 Å². The second-order valence-electron chi connectivity index (χ2n) is 6.04. The summed E-state index contributed by atoms with van der Waals surface area (Å²) in [6, 6.07) is 13.6. The summed E-state index contributed by atoms with van der Waals surface area (Å²) in [5, 5.41) is 0. The minimum absolute atomic E-state index is 0.0125. The maximum atomic E-state index is 13.0. The number of rotatable bonds is 6. The van der Waals surface area contributed by atoms with Crippen molar-refractivity contribution >= 4 is 11.6 Å². The van der Waals surface area contributed by atoms with Crippen molar-refractivity contribution in [3.05, 3.63) is 71.0 Å². The normalized spacial score (nSPS) is 13.4. The van der Waals surface area contributed by atoms with Gasteiger partial charge in [-0.25, -0.2) is 4.39 Å². The molecule has 0 aromatic heterocycles. The van der Waals surface area contributed by atoms with Crippen molar-refractivity contribution in [2.75, 3.05) is 0 Å². The number of carbonyl (C=O) groups excluding carboxylic acids is 2. The molecular weight excluding hydrogens is 291 g/mol. The fraction of sp³-hybridized carbons (Fsp3) is 0.300. The van der Waals surface area contributed by atoms with E-state index in [1.54, 1.807) is 25.1 Å². The first-order chi connectivity index (χ1) is 10.9. The van der Waals surface area contributed by atoms with Crippen LogP contribution < -0.4 is 0 Å². The molecule has 0 aliphatic heterocycles. The number of hydrogen-bond donors (Lipinski definition) is 0. The van der Waals surface area contributed by atoms with Gasteiger partial charge >= 0.3 is 0 Å². The number of Topliss-reactive ketones (excluding diaryl/α,β-unsaturated/α-hetero) is 2. The fourth-order valence-corrected chi connectivity index (χ4v) is 3.13. The third-order valence-electron chi connectivity index (χ3n) is 4.15. The monoisotopic (exact) mass is 312 g/mol. The zero-order valence-corrected chi connectivity index (χ0v) is 13.7. The molecule has 2 unspecified atom stereocenters. The molecule has 0 saturated carbocycles. The van der Waals surface area contributed by atoms with Crippen LogP contribution in [0.25, 0.3) is 0 Å². The molecule has 0 N–H and O–H groups in total. The Kier molecular flexibility index (Phi) is 5.43. The van der Waals surface area contributed by atoms with Gasteiger partial charge in [-0.15, -0.1) is 0 Å². The molecule has 23 heavy (non-hydrogen) atoms. The molecular formula is C20H21FO2. The Morgan fingerprint density at radius 2 is 1.61 bits per heavy atom. The van der Waals surface area contributed by atoms with E-state index in [0.717, 1.165) is 11.1 Å². The number of benzene rings is 2. The van der Waals surface area contributed by atoms with E-state index in [2.05, 4.69) is 0 Å². The molecule has 0 spiro atoms. The molecule has 0 fully saturated rings. The van der Waals surface area contributed by atoms with Gasteiger partial charge in [0.25, 0.3) is 0 Å². The maximum Gasteiger partial charge on any atom is 0.160 e. The van der Waals surface area contributed by atoms with Crippen LogP contribution in [-0.4, -0.2) is 11.6 Å². The first-order valence-corrected chi connectivity index (χ1v) is 7.75. The van der Waals surface area contributed by atoms with E-state index in [9.17, 15) is 14.0 Å². The second-order valence-corrected chi connectivity index (χ2v) is 6.04. The van der Waals surface area contributed by atoms with Gasteiger partial charge in [-0.3, -0.25) is 9.59 Å². The summed E-state index contributed by atoms with van der Waals surface area (Å²) in [4.78, 5) is 24.1. The van der Waals surface area contributed by atoms with Crippen molar-refractivity contribution in [1.29, 1.82) is 0 Å². The zero-order chi connectivity index (χ0) is 17.0. The predicted octanol–water partition coefficient (Wildman–Crippen LogP) is 4.58. The smallest absolute Gasteiger partial charge is 0.160 e. The van der Waals surface area contributed by atoms with Gasteiger partial charge in [0.05, 0.1) is 0 Å². The van der Waals surface area contributed by atoms with Crippen molar-refractivity contribution in [3.8, 4) is 0 Å². The minimum Gasteiger partial charge on any atom is -0.299 e. The third kappa shape index (κ3) is 4.13. The summed E-state index contributed by atoms with van der Waals surface area (Å²) in [7, 11) is 0. The van der Waals surface area contributed by atoms with E-state index in [1.165, 1.54) is 19.1 Å². The Balaban J connectivity index is 2.33. The molecule has 0 aliphatic rings. The standard InChI is InChI=1S/C20H21FO2/c1-13(12-16-8-10-17(21)11-9-16)20(15(3)23)19-7-5-4-6-18(19)14(2)22/h4-11,13,20H,12H2,1-3H3. The van der Waals surface area contributed by atoms with Gasteiger partial charge in [0, 0.05) is 11.5 Å². The topological polar surface area (TPSA) is 34.1 Å². The predicted molar refractivity (Wildman–Crippen MR) is 89.1 cm³/mol. The van der Waals surface area contributed by atoms with Crippen molar-refractivity contribution in [3.63, 3.8) is 0 Å². The molecule has 0 bridgehead atoms. The van der Waals surface area contributed by atoms with Crippen LogP contribution in [-0.2, 0) is 11.2 Å². The van der Waals surface area contributed by atoms with Gasteiger partial charge in [-0.05, 0) is 49.4 Å². The fourth-order valence-electron chi connectivity index (χ4n) is 3.13. The maximum absolute atomic E-state index is 13.0. The molecule has 0 amide bonds. The lowest BCUT2D eigenvalue weighted by Gasteiger charge is -2.24. The second kappa shape index (κ2) is 7.32. The Morgan fingerprint density at radius 1 is 1.00 bits per heavy atom. The molecule has 120 valence electrons. The van der Waals surface area contributed by atoms with Crippen LogP contribution >= 0.6 is 0 Å². The molecule has 2 aromatic carbocycles. The van der Waals surface area contributed by atoms with E-state index < -0.39 is 0 Å². The first-order valence-electron chi connectivity index (χ1n) is 7.75. The van der Waals surface area contributed by atoms with Crippen molar-refractivity contribution in [2.24, 2.45) is 5.92 Å². The zero-order valence-electron chi connectivity index (χ0n) is 13.7. The average Bonchev–Trinajstić information content (AvgIpc) is 2.49. The average molecular weight is 312 g/mol. The van der Waals surface area contributed by atoms with E-state index in [0.29, 0.717) is 12.0 Å². The largest absolute Gasteiger partial charge is 0.299 e. The molecule has 0 radical (unpaired) electrons. The van der Waals surface area contributed by atoms with E-state index in [-0.39, 0.29) is 29.2 Å². The van der Waals surface area contributed by atoms with Crippen LogP contribution in [0.15, 0.2) is 48.5 Å². The van der Waals surface area contributed by atoms with E-state index >= 15 is 0 Å². The third-order valence-corrected chi connectivity index (χ3v) is 4.15. The summed E-state index contributed by atoms with van der Waals surface area (Å²) in [5.41, 5.74) is 2.35. The lowest BCUT2D eigenvalue weighted by Crippen LogP contribution is -2.21. The number of ketones is 2. The summed E-state index contributed by atoms with van der Waals surface area (Å²) in [6.07, 6.45) is 0.650. The lowest BCUT2D eigenvalue weighted by molar-refractivity contribution is -0.119. The van der Waals surface area contributed by atoms with Crippen LogP contribution in [0.3, 0.4) is 0 Å². The molecule has 2 atom stereocenters. The van der Waals surface area contributed by atoms with E-state index in [1.807, 2.05) is 25.1 Å². The molecule has 2 nitrogen and oxygen atoms in total. The highest BCUT2D eigenvalue weighted by Gasteiger charge is 2.27. The van der Waals surface area contributed by atoms with Crippen LogP contribution in [0.1, 0.15) is 48.2 Å². The van der Waals surface area contributed by atoms with Crippen molar-refractivity contribution < 1.29 is 14.0 Å². The number of carbonyl (C=O) groups is 2. The highest BCUT2D eigenvalue weighted by Crippen LogP contribution is 2.31. The van der Waals surface area contributed by atoms with Crippen LogP contribution in [0, 0.1) is 11.7 Å². The SMILES string of the molecule is CC(=O)c1ccccc1C(C(C)=O)C(C)Cc1ccc(F)cc1. The van der Waals surface area contributed by atoms with Gasteiger partial charge in [-0.1, -0.05) is 43.3 Å². The van der Waals surface area contributed by atoms with Crippen LogP contribution in [0.2, 0.25) is 0 Å². The Hall–Kier alpha value is -2.29. The van der Waals surface area contributed by atoms with Gasteiger partial charge in [0.2, 0.25) is 0 Å².